The molecule has 8 heteroatoms. The minimum absolute atomic E-state index is 0.0616. The molecule has 0 saturated heterocycles. The number of rotatable bonds is 5. The molecule has 0 saturated carbocycles. The first kappa shape index (κ1) is 16.4. The van der Waals surface area contributed by atoms with Gasteiger partial charge in [-0.3, -0.25) is 4.79 Å². The largest absolute Gasteiger partial charge is 0.355 e. The average molecular weight is 370 g/mol. The number of carbonyl (C=O) groups is 1. The third kappa shape index (κ3) is 4.45. The van der Waals surface area contributed by atoms with Gasteiger partial charge in [-0.15, -0.1) is 0 Å². The Balaban J connectivity index is 2.95. The van der Waals surface area contributed by atoms with Crippen LogP contribution in [0.2, 0.25) is 5.02 Å². The normalized spacial score (nSPS) is 13.1. The second-order valence-corrected chi connectivity index (χ2v) is 6.82. The number of sulfonamides is 1. The van der Waals surface area contributed by atoms with Gasteiger partial charge in [-0.2, -0.15) is 4.72 Å². The molecule has 2 N–H and O–H groups in total. The standard InChI is InChI=1S/C11H14BrClN2O3S/c1-3-14-11(16)7(2)15-19(17,18)10-5-4-8(12)6-9(10)13/h4-7,15H,3H2,1-2H3,(H,14,16). The van der Waals surface area contributed by atoms with Crippen molar-refractivity contribution in [1.82, 2.24) is 10.0 Å². The van der Waals surface area contributed by atoms with Crippen molar-refractivity contribution in [2.24, 2.45) is 0 Å². The highest BCUT2D eigenvalue weighted by atomic mass is 79.9. The Morgan fingerprint density at radius 3 is 2.63 bits per heavy atom. The van der Waals surface area contributed by atoms with Crippen molar-refractivity contribution >= 4 is 43.5 Å². The van der Waals surface area contributed by atoms with Gasteiger partial charge < -0.3 is 5.32 Å². The first-order valence-corrected chi connectivity index (χ1v) is 8.18. The SMILES string of the molecule is CCNC(=O)C(C)NS(=O)(=O)c1ccc(Br)cc1Cl. The number of carbonyl (C=O) groups excluding carboxylic acids is 1. The maximum atomic E-state index is 12.1. The zero-order valence-corrected chi connectivity index (χ0v) is 13.6. The lowest BCUT2D eigenvalue weighted by Crippen LogP contribution is -2.44. The van der Waals surface area contributed by atoms with Crippen LogP contribution in [-0.4, -0.2) is 26.9 Å². The summed E-state index contributed by atoms with van der Waals surface area (Å²) < 4.78 is 27.1. The highest BCUT2D eigenvalue weighted by molar-refractivity contribution is 9.10. The highest BCUT2D eigenvalue weighted by Crippen LogP contribution is 2.25. The monoisotopic (exact) mass is 368 g/mol. The molecule has 0 aliphatic rings. The van der Waals surface area contributed by atoms with Gasteiger partial charge in [-0.25, -0.2) is 8.42 Å². The van der Waals surface area contributed by atoms with Crippen molar-refractivity contribution in [2.75, 3.05) is 6.54 Å². The molecule has 5 nitrogen and oxygen atoms in total. The molecule has 1 unspecified atom stereocenters. The first-order chi connectivity index (χ1) is 8.77. The summed E-state index contributed by atoms with van der Waals surface area (Å²) in [6.45, 7) is 3.66. The third-order valence-corrected chi connectivity index (χ3v) is 4.78. The number of hydrogen-bond acceptors (Lipinski definition) is 3. The van der Waals surface area contributed by atoms with Gasteiger partial charge in [0.05, 0.1) is 11.1 Å². The van der Waals surface area contributed by atoms with Crippen LogP contribution in [0.5, 0.6) is 0 Å². The highest BCUT2D eigenvalue weighted by Gasteiger charge is 2.23. The average Bonchev–Trinajstić information content (AvgIpc) is 2.27. The molecule has 19 heavy (non-hydrogen) atoms. The molecular weight excluding hydrogens is 356 g/mol. The molecule has 1 aromatic rings. The van der Waals surface area contributed by atoms with Gasteiger partial charge in [-0.05, 0) is 32.0 Å². The van der Waals surface area contributed by atoms with Crippen molar-refractivity contribution in [2.45, 2.75) is 24.8 Å². The molecule has 0 spiro atoms. The van der Waals surface area contributed by atoms with E-state index in [1.165, 1.54) is 19.1 Å². The fraction of sp³-hybridized carbons (Fsp3) is 0.364. The summed E-state index contributed by atoms with van der Waals surface area (Å²) >= 11 is 9.08. The van der Waals surface area contributed by atoms with Gasteiger partial charge >= 0.3 is 0 Å². The first-order valence-electron chi connectivity index (χ1n) is 5.53. The summed E-state index contributed by atoms with van der Waals surface area (Å²) in [5.74, 6) is -0.390. The van der Waals surface area contributed by atoms with Gasteiger partial charge in [-0.1, -0.05) is 27.5 Å². The molecule has 0 bridgehead atoms. The van der Waals surface area contributed by atoms with E-state index in [9.17, 15) is 13.2 Å². The lowest BCUT2D eigenvalue weighted by atomic mass is 10.3. The zero-order chi connectivity index (χ0) is 14.6. The Morgan fingerprint density at radius 1 is 1.47 bits per heavy atom. The van der Waals surface area contributed by atoms with Crippen LogP contribution in [0.1, 0.15) is 13.8 Å². The molecular formula is C11H14BrClN2O3S. The summed E-state index contributed by atoms with van der Waals surface area (Å²) in [5.41, 5.74) is 0. The molecule has 1 aromatic carbocycles. The van der Waals surface area contributed by atoms with E-state index in [0.717, 1.165) is 0 Å². The number of likely N-dealkylation sites (N-methyl/N-ethyl adjacent to an activating group) is 1. The Hall–Kier alpha value is -0.630. The Morgan fingerprint density at radius 2 is 2.11 bits per heavy atom. The lowest BCUT2D eigenvalue weighted by Gasteiger charge is -2.14. The van der Waals surface area contributed by atoms with Gasteiger partial charge in [0, 0.05) is 11.0 Å². The number of hydrogen-bond donors (Lipinski definition) is 2. The summed E-state index contributed by atoms with van der Waals surface area (Å²) in [6, 6.07) is 3.55. The topological polar surface area (TPSA) is 75.3 Å². The third-order valence-electron chi connectivity index (χ3n) is 2.26. The minimum atomic E-state index is -3.83. The van der Waals surface area contributed by atoms with E-state index in [-0.39, 0.29) is 15.8 Å². The Kier molecular flexibility index (Phi) is 5.79. The quantitative estimate of drug-likeness (QED) is 0.832. The second-order valence-electron chi connectivity index (χ2n) is 3.81. The van der Waals surface area contributed by atoms with E-state index in [4.69, 9.17) is 11.6 Å². The fourth-order valence-corrected chi connectivity index (χ4v) is 3.61. The van der Waals surface area contributed by atoms with E-state index in [1.54, 1.807) is 13.0 Å². The number of benzene rings is 1. The summed E-state index contributed by atoms with van der Waals surface area (Å²) in [6.07, 6.45) is 0. The van der Waals surface area contributed by atoms with Gasteiger partial charge in [0.2, 0.25) is 15.9 Å². The van der Waals surface area contributed by atoms with E-state index < -0.39 is 16.1 Å². The molecule has 0 aliphatic heterocycles. The van der Waals surface area contributed by atoms with E-state index in [0.29, 0.717) is 11.0 Å². The predicted molar refractivity (Wildman–Crippen MR) is 77.6 cm³/mol. The van der Waals surface area contributed by atoms with Crippen molar-refractivity contribution < 1.29 is 13.2 Å². The van der Waals surface area contributed by atoms with Crippen LogP contribution in [0.4, 0.5) is 0 Å². The summed E-state index contributed by atoms with van der Waals surface area (Å²) in [7, 11) is -3.83. The van der Waals surface area contributed by atoms with E-state index in [2.05, 4.69) is 26.0 Å². The van der Waals surface area contributed by atoms with Gasteiger partial charge in [0.15, 0.2) is 0 Å². The molecule has 0 radical (unpaired) electrons. The van der Waals surface area contributed by atoms with E-state index >= 15 is 0 Å². The van der Waals surface area contributed by atoms with Gasteiger partial charge in [0.25, 0.3) is 0 Å². The number of halogens is 2. The van der Waals surface area contributed by atoms with Crippen LogP contribution in [0.3, 0.4) is 0 Å². The van der Waals surface area contributed by atoms with Crippen molar-refractivity contribution in [1.29, 1.82) is 0 Å². The van der Waals surface area contributed by atoms with Crippen LogP contribution in [0.15, 0.2) is 27.6 Å². The van der Waals surface area contributed by atoms with Crippen molar-refractivity contribution in [3.63, 3.8) is 0 Å². The van der Waals surface area contributed by atoms with Gasteiger partial charge in [0.1, 0.15) is 4.90 Å². The zero-order valence-electron chi connectivity index (χ0n) is 10.4. The molecule has 106 valence electrons. The molecule has 0 aromatic heterocycles. The minimum Gasteiger partial charge on any atom is -0.355 e. The van der Waals surface area contributed by atoms with Crippen LogP contribution in [0, 0.1) is 0 Å². The molecule has 0 heterocycles. The van der Waals surface area contributed by atoms with Crippen LogP contribution < -0.4 is 10.0 Å². The van der Waals surface area contributed by atoms with Crippen molar-refractivity contribution in [3.8, 4) is 0 Å². The van der Waals surface area contributed by atoms with Crippen LogP contribution in [0.25, 0.3) is 0 Å². The van der Waals surface area contributed by atoms with E-state index in [1.807, 2.05) is 0 Å². The molecule has 1 atom stereocenters. The summed E-state index contributed by atoms with van der Waals surface area (Å²) in [4.78, 5) is 11.5. The molecule has 1 amide bonds. The van der Waals surface area contributed by atoms with Crippen LogP contribution >= 0.6 is 27.5 Å². The van der Waals surface area contributed by atoms with Crippen molar-refractivity contribution in [3.05, 3.63) is 27.7 Å². The van der Waals surface area contributed by atoms with Crippen LogP contribution in [-0.2, 0) is 14.8 Å². The second kappa shape index (κ2) is 6.69. The molecule has 1 rings (SSSR count). The Bertz CT molecular complexity index is 577. The Labute approximate surface area is 125 Å². The maximum absolute atomic E-state index is 12.1. The summed E-state index contributed by atoms with van der Waals surface area (Å²) in [5, 5.41) is 2.62. The predicted octanol–water partition coefficient (Wildman–Crippen LogP) is 1.91. The lowest BCUT2D eigenvalue weighted by molar-refractivity contribution is -0.122. The molecule has 0 aliphatic carbocycles. The number of amides is 1. The fourth-order valence-electron chi connectivity index (χ4n) is 1.37. The maximum Gasteiger partial charge on any atom is 0.242 e. The molecule has 0 fully saturated rings. The smallest absolute Gasteiger partial charge is 0.242 e. The number of nitrogens with one attached hydrogen (secondary N) is 2.